The first-order valence-electron chi connectivity index (χ1n) is 7.81. The van der Waals surface area contributed by atoms with Gasteiger partial charge >= 0.3 is 5.97 Å². The Morgan fingerprint density at radius 2 is 1.79 bits per heavy atom. The van der Waals surface area contributed by atoms with Crippen LogP contribution in [-0.2, 0) is 19.6 Å². The van der Waals surface area contributed by atoms with Gasteiger partial charge in [0.25, 0.3) is 15.9 Å². The second-order valence-electron chi connectivity index (χ2n) is 5.49. The van der Waals surface area contributed by atoms with Crippen LogP contribution in [0.4, 0.5) is 5.69 Å². The Kier molecular flexibility index (Phi) is 7.06. The second-order valence-corrected chi connectivity index (χ2v) is 8.19. The molecule has 2 aromatic rings. The Labute approximate surface area is 172 Å². The summed E-state index contributed by atoms with van der Waals surface area (Å²) in [6, 6.07) is 9.78. The summed E-state index contributed by atoms with van der Waals surface area (Å²) in [4.78, 5) is 22.7. The molecule has 0 aliphatic carbocycles. The fourth-order valence-corrected chi connectivity index (χ4v) is 4.01. The lowest BCUT2D eigenvalue weighted by atomic mass is 10.2. The van der Waals surface area contributed by atoms with Crippen molar-refractivity contribution >= 4 is 50.8 Å². The number of halogens is 2. The summed E-state index contributed by atoms with van der Waals surface area (Å²) in [5.74, 6) is -1.82. The number of ether oxygens (including phenoxy) is 1. The fraction of sp³-hybridized carbons (Fsp3) is 0.111. The number of anilines is 1. The normalized spacial score (nSPS) is 10.9. The van der Waals surface area contributed by atoms with Gasteiger partial charge in [0.05, 0.1) is 27.7 Å². The van der Waals surface area contributed by atoms with Gasteiger partial charge in [-0.2, -0.15) is 0 Å². The summed E-state index contributed by atoms with van der Waals surface area (Å²) in [5.41, 5.74) is 5.08. The third-order valence-corrected chi connectivity index (χ3v) is 5.87. The van der Waals surface area contributed by atoms with Crippen LogP contribution in [0.1, 0.15) is 10.4 Å². The van der Waals surface area contributed by atoms with Crippen LogP contribution in [-0.4, -0.2) is 33.4 Å². The van der Waals surface area contributed by atoms with Crippen molar-refractivity contribution in [3.8, 4) is 0 Å². The van der Waals surface area contributed by atoms with Crippen molar-refractivity contribution in [3.05, 3.63) is 70.7 Å². The smallest absolute Gasteiger partial charge is 0.340 e. The molecule has 0 aliphatic rings. The number of rotatable bonds is 8. The summed E-state index contributed by atoms with van der Waals surface area (Å²) in [5, 5.41) is 0.417. The van der Waals surface area contributed by atoms with Crippen LogP contribution in [0.2, 0.25) is 10.0 Å². The molecule has 0 saturated heterocycles. The predicted octanol–water partition coefficient (Wildman–Crippen LogP) is 3.02. The number of benzene rings is 2. The number of hydrogen-bond acceptors (Lipinski definition) is 5. The monoisotopic (exact) mass is 442 g/mol. The van der Waals surface area contributed by atoms with Crippen LogP contribution in [0.25, 0.3) is 0 Å². The van der Waals surface area contributed by atoms with E-state index in [1.807, 2.05) is 0 Å². The van der Waals surface area contributed by atoms with E-state index in [1.165, 1.54) is 18.2 Å². The number of amides is 1. The number of hydrogen-bond donors (Lipinski definition) is 1. The molecule has 2 rings (SSSR count). The van der Waals surface area contributed by atoms with E-state index in [0.29, 0.717) is 10.7 Å². The van der Waals surface area contributed by atoms with Gasteiger partial charge in [0.1, 0.15) is 0 Å². The van der Waals surface area contributed by atoms with E-state index in [2.05, 4.69) is 6.58 Å². The Bertz CT molecular complexity index is 1010. The number of carbonyl (C=O) groups excluding carboxylic acids is 2. The number of primary amides is 1. The van der Waals surface area contributed by atoms with Crippen LogP contribution in [0, 0.1) is 0 Å². The lowest BCUT2D eigenvalue weighted by molar-refractivity contribution is -0.121. The van der Waals surface area contributed by atoms with Crippen molar-refractivity contribution in [2.75, 3.05) is 17.5 Å². The zero-order chi connectivity index (χ0) is 20.9. The molecule has 10 heteroatoms. The van der Waals surface area contributed by atoms with Crippen LogP contribution in [0.3, 0.4) is 0 Å². The first-order chi connectivity index (χ1) is 13.2. The molecule has 0 heterocycles. The largest absolute Gasteiger partial charge is 0.452 e. The summed E-state index contributed by atoms with van der Waals surface area (Å²) in [7, 11) is -4.07. The molecular weight excluding hydrogens is 427 g/mol. The minimum atomic E-state index is -4.07. The molecule has 0 aromatic heterocycles. The Morgan fingerprint density at radius 3 is 2.36 bits per heavy atom. The molecule has 2 N–H and O–H groups in total. The van der Waals surface area contributed by atoms with Gasteiger partial charge in [0, 0.05) is 5.02 Å². The summed E-state index contributed by atoms with van der Waals surface area (Å²) >= 11 is 11.8. The minimum Gasteiger partial charge on any atom is -0.452 e. The first kappa shape index (κ1) is 21.7. The van der Waals surface area contributed by atoms with Crippen molar-refractivity contribution in [2.24, 2.45) is 5.73 Å². The van der Waals surface area contributed by atoms with Crippen LogP contribution < -0.4 is 10.0 Å². The van der Waals surface area contributed by atoms with E-state index in [1.54, 1.807) is 24.3 Å². The average Bonchev–Trinajstić information content (AvgIpc) is 2.65. The number of carbonyl (C=O) groups is 2. The summed E-state index contributed by atoms with van der Waals surface area (Å²) in [6.45, 7) is 2.91. The third-order valence-electron chi connectivity index (χ3n) is 3.50. The van der Waals surface area contributed by atoms with E-state index < -0.39 is 28.5 Å². The van der Waals surface area contributed by atoms with Crippen molar-refractivity contribution in [1.29, 1.82) is 0 Å². The minimum absolute atomic E-state index is 0.0198. The molecule has 0 spiro atoms. The number of sulfonamides is 1. The molecule has 1 amide bonds. The second kappa shape index (κ2) is 9.09. The zero-order valence-corrected chi connectivity index (χ0v) is 16.8. The quantitative estimate of drug-likeness (QED) is 0.499. The molecule has 0 radical (unpaired) electrons. The SMILES string of the molecule is C=CCN(c1ccc(Cl)cc1)S(=O)(=O)c1ccc(Cl)c(C(=O)OCC(N)=O)c1. The van der Waals surface area contributed by atoms with Crippen LogP contribution >= 0.6 is 23.2 Å². The van der Waals surface area contributed by atoms with Crippen LogP contribution in [0.15, 0.2) is 60.0 Å². The molecule has 0 atom stereocenters. The summed E-state index contributed by atoms with van der Waals surface area (Å²) < 4.78 is 32.1. The van der Waals surface area contributed by atoms with E-state index >= 15 is 0 Å². The van der Waals surface area contributed by atoms with E-state index in [4.69, 9.17) is 33.7 Å². The van der Waals surface area contributed by atoms with Crippen molar-refractivity contribution in [2.45, 2.75) is 4.90 Å². The Morgan fingerprint density at radius 1 is 1.14 bits per heavy atom. The molecule has 2 aromatic carbocycles. The molecule has 0 bridgehead atoms. The van der Waals surface area contributed by atoms with Gasteiger partial charge in [-0.15, -0.1) is 6.58 Å². The van der Waals surface area contributed by atoms with Gasteiger partial charge in [-0.05, 0) is 42.5 Å². The molecule has 148 valence electrons. The van der Waals surface area contributed by atoms with E-state index in [9.17, 15) is 18.0 Å². The van der Waals surface area contributed by atoms with Gasteiger partial charge in [0.2, 0.25) is 0 Å². The highest BCUT2D eigenvalue weighted by molar-refractivity contribution is 7.92. The van der Waals surface area contributed by atoms with Gasteiger partial charge in [-0.25, -0.2) is 13.2 Å². The van der Waals surface area contributed by atoms with Gasteiger partial charge < -0.3 is 10.5 Å². The van der Waals surface area contributed by atoms with E-state index in [0.717, 1.165) is 10.4 Å². The Balaban J connectivity index is 2.46. The van der Waals surface area contributed by atoms with Crippen molar-refractivity contribution < 1.29 is 22.7 Å². The molecule has 0 fully saturated rings. The van der Waals surface area contributed by atoms with E-state index in [-0.39, 0.29) is 22.0 Å². The first-order valence-corrected chi connectivity index (χ1v) is 10.0. The molecule has 0 aliphatic heterocycles. The van der Waals surface area contributed by atoms with Gasteiger partial charge in [-0.3, -0.25) is 9.10 Å². The fourth-order valence-electron chi connectivity index (χ4n) is 2.23. The van der Waals surface area contributed by atoms with Crippen molar-refractivity contribution in [3.63, 3.8) is 0 Å². The van der Waals surface area contributed by atoms with Gasteiger partial charge in [0.15, 0.2) is 6.61 Å². The highest BCUT2D eigenvalue weighted by atomic mass is 35.5. The number of esters is 1. The van der Waals surface area contributed by atoms with Crippen molar-refractivity contribution in [1.82, 2.24) is 0 Å². The maximum absolute atomic E-state index is 13.1. The number of nitrogens with two attached hydrogens (primary N) is 1. The molecule has 0 unspecified atom stereocenters. The maximum Gasteiger partial charge on any atom is 0.340 e. The number of nitrogens with zero attached hydrogens (tertiary/aromatic N) is 1. The lowest BCUT2D eigenvalue weighted by Crippen LogP contribution is -2.31. The highest BCUT2D eigenvalue weighted by Crippen LogP contribution is 2.28. The van der Waals surface area contributed by atoms with Crippen LogP contribution in [0.5, 0.6) is 0 Å². The summed E-state index contributed by atoms with van der Waals surface area (Å²) in [6.07, 6.45) is 1.42. The zero-order valence-electron chi connectivity index (χ0n) is 14.5. The topological polar surface area (TPSA) is 107 Å². The average molecular weight is 443 g/mol. The highest BCUT2D eigenvalue weighted by Gasteiger charge is 2.26. The Hall–Kier alpha value is -2.55. The maximum atomic E-state index is 13.1. The predicted molar refractivity (Wildman–Crippen MR) is 107 cm³/mol. The third kappa shape index (κ3) is 5.03. The van der Waals surface area contributed by atoms with Gasteiger partial charge in [-0.1, -0.05) is 29.3 Å². The molecular formula is C18H16Cl2N2O5S. The molecule has 0 saturated carbocycles. The molecule has 7 nitrogen and oxygen atoms in total. The lowest BCUT2D eigenvalue weighted by Gasteiger charge is -2.23. The molecule has 28 heavy (non-hydrogen) atoms. The standard InChI is InChI=1S/C18H16Cl2N2O5S/c1-2-9-22(13-5-3-12(19)4-6-13)28(25,26)14-7-8-16(20)15(10-14)18(24)27-11-17(21)23/h2-8,10H,1,9,11H2,(H2,21,23).